The van der Waals surface area contributed by atoms with E-state index in [0.717, 1.165) is 16.6 Å². The molecule has 2 bridgehead atoms. The van der Waals surface area contributed by atoms with Crippen LogP contribution in [0, 0.1) is 11.6 Å². The van der Waals surface area contributed by atoms with Crippen LogP contribution in [-0.2, 0) is 19.1 Å². The molecule has 2 N–H and O–H groups in total. The van der Waals surface area contributed by atoms with Gasteiger partial charge in [-0.2, -0.15) is 0 Å². The molecule has 0 spiro atoms. The zero-order valence-corrected chi connectivity index (χ0v) is 27.5. The summed E-state index contributed by atoms with van der Waals surface area (Å²) in [4.78, 5) is 39.6. The molecule has 3 saturated carbocycles. The van der Waals surface area contributed by atoms with Gasteiger partial charge in [-0.15, -0.1) is 0 Å². The summed E-state index contributed by atoms with van der Waals surface area (Å²) < 4.78 is 51.3. The van der Waals surface area contributed by atoms with Crippen LogP contribution in [0.3, 0.4) is 0 Å². The average molecular weight is 742 g/mol. The topological polar surface area (TPSA) is 112 Å². The van der Waals surface area contributed by atoms with E-state index in [1.54, 1.807) is 24.3 Å². The fourth-order valence-corrected chi connectivity index (χ4v) is 6.48. The number of halogens is 5. The highest BCUT2D eigenvalue weighted by Crippen LogP contribution is 2.49. The number of esters is 1. The lowest BCUT2D eigenvalue weighted by molar-refractivity contribution is -0.159. The van der Waals surface area contributed by atoms with Gasteiger partial charge in [-0.3, -0.25) is 9.59 Å². The Balaban J connectivity index is 1.33. The van der Waals surface area contributed by atoms with Gasteiger partial charge in [0.15, 0.2) is 13.2 Å². The van der Waals surface area contributed by atoms with Gasteiger partial charge in [0.25, 0.3) is 11.8 Å². The highest BCUT2D eigenvalue weighted by molar-refractivity contribution is 9.10. The molecule has 0 aromatic heterocycles. The number of hydrogen-bond donors (Lipinski definition) is 2. The maximum atomic E-state index is 13.9. The van der Waals surface area contributed by atoms with Gasteiger partial charge in [-0.05, 0) is 61.4 Å². The predicted octanol–water partition coefficient (Wildman–Crippen LogP) is 6.03. The molecule has 4 atom stereocenters. The van der Waals surface area contributed by atoms with Crippen molar-refractivity contribution in [1.29, 1.82) is 0 Å². The van der Waals surface area contributed by atoms with Gasteiger partial charge >= 0.3 is 5.97 Å². The van der Waals surface area contributed by atoms with Crippen LogP contribution in [-0.4, -0.2) is 61.4 Å². The van der Waals surface area contributed by atoms with Gasteiger partial charge < -0.3 is 29.6 Å². The van der Waals surface area contributed by atoms with Crippen molar-refractivity contribution in [3.63, 3.8) is 0 Å². The number of benzene rings is 3. The standard InChI is InChI=1S/C32H29BrCl2F2N2O7/c1-43-26-14-32(39-29(41)17-45-21-7-9-23(35)25(37)13-21)11-10-31(26,15-27(32)46-30(42)18-2-4-19(33)5-3-18)38-28(40)16-44-20-6-8-22(34)24(36)12-20/h2-9,12-13,26-27H,10-11,14-17H2,1H3,(H,38,40)(H,39,41). The number of rotatable bonds is 11. The van der Waals surface area contributed by atoms with E-state index in [1.165, 1.54) is 31.4 Å². The maximum Gasteiger partial charge on any atom is 0.338 e. The molecule has 3 aliphatic carbocycles. The Bertz CT molecular complexity index is 1630. The van der Waals surface area contributed by atoms with Crippen LogP contribution >= 0.6 is 39.1 Å². The quantitative estimate of drug-likeness (QED) is 0.231. The molecule has 0 radical (unpaired) electrons. The molecule has 3 aromatic carbocycles. The summed E-state index contributed by atoms with van der Waals surface area (Å²) in [5.41, 5.74) is -1.75. The van der Waals surface area contributed by atoms with Crippen molar-refractivity contribution < 1.29 is 42.1 Å². The van der Waals surface area contributed by atoms with Crippen molar-refractivity contribution in [3.05, 3.63) is 92.4 Å². The number of carbonyl (C=O) groups excluding carboxylic acids is 3. The van der Waals surface area contributed by atoms with Crippen LogP contribution in [0.4, 0.5) is 8.78 Å². The summed E-state index contributed by atoms with van der Waals surface area (Å²) in [5, 5.41) is 5.84. The largest absolute Gasteiger partial charge is 0.484 e. The molecule has 0 aliphatic heterocycles. The summed E-state index contributed by atoms with van der Waals surface area (Å²) in [7, 11) is 1.49. The minimum atomic E-state index is -1.07. The smallest absolute Gasteiger partial charge is 0.338 e. The number of carbonyl (C=O) groups is 3. The molecule has 3 fully saturated rings. The van der Waals surface area contributed by atoms with Crippen molar-refractivity contribution in [2.24, 2.45) is 0 Å². The Labute approximate surface area is 281 Å². The molecular formula is C32H29BrCl2F2N2O7. The SMILES string of the molecule is COC1CC2(NC(=O)COc3ccc(Cl)c(F)c3)CCC1(NC(=O)COc1ccc(Cl)c(F)c1)CC2OC(=O)c1ccc(Br)cc1. The van der Waals surface area contributed by atoms with Crippen LogP contribution in [0.15, 0.2) is 65.1 Å². The minimum absolute atomic E-state index is 0.0761. The molecule has 2 amide bonds. The Hall–Kier alpha value is -3.45. The summed E-state index contributed by atoms with van der Waals surface area (Å²) in [5.74, 6) is -2.79. The lowest BCUT2D eigenvalue weighted by atomic mass is 9.58. The van der Waals surface area contributed by atoms with Crippen LogP contribution < -0.4 is 20.1 Å². The summed E-state index contributed by atoms with van der Waals surface area (Å²) >= 11 is 14.8. The van der Waals surface area contributed by atoms with Crippen molar-refractivity contribution in [1.82, 2.24) is 10.6 Å². The molecule has 6 rings (SSSR count). The first-order valence-corrected chi connectivity index (χ1v) is 15.7. The number of ether oxygens (including phenoxy) is 4. The Kier molecular flexibility index (Phi) is 10.4. The second kappa shape index (κ2) is 14.1. The number of fused-ring (bicyclic) bond motifs is 3. The van der Waals surface area contributed by atoms with Crippen LogP contribution in [0.1, 0.15) is 36.0 Å². The van der Waals surface area contributed by atoms with Crippen molar-refractivity contribution in [3.8, 4) is 11.5 Å². The van der Waals surface area contributed by atoms with Crippen molar-refractivity contribution >= 4 is 56.9 Å². The van der Waals surface area contributed by atoms with E-state index < -0.39 is 65.9 Å². The fourth-order valence-electron chi connectivity index (χ4n) is 5.98. The molecule has 3 aromatic rings. The van der Waals surface area contributed by atoms with E-state index in [9.17, 15) is 23.2 Å². The summed E-state index contributed by atoms with van der Waals surface area (Å²) in [6.45, 7) is -0.870. The maximum absolute atomic E-state index is 13.9. The molecule has 14 heteroatoms. The number of methoxy groups -OCH3 is 1. The summed E-state index contributed by atoms with van der Waals surface area (Å²) in [6.07, 6.45) is -0.496. The normalized spacial score (nSPS) is 23.3. The number of nitrogens with one attached hydrogen (secondary N) is 2. The second-order valence-electron chi connectivity index (χ2n) is 11.2. The third-order valence-electron chi connectivity index (χ3n) is 8.26. The predicted molar refractivity (Wildman–Crippen MR) is 168 cm³/mol. The van der Waals surface area contributed by atoms with E-state index in [2.05, 4.69) is 26.6 Å². The lowest BCUT2D eigenvalue weighted by Crippen LogP contribution is -2.76. The minimum Gasteiger partial charge on any atom is -0.484 e. The first-order chi connectivity index (χ1) is 21.9. The van der Waals surface area contributed by atoms with Crippen LogP contribution in [0.25, 0.3) is 0 Å². The van der Waals surface area contributed by atoms with Gasteiger partial charge in [0.2, 0.25) is 0 Å². The molecule has 244 valence electrons. The van der Waals surface area contributed by atoms with E-state index in [-0.39, 0.29) is 34.4 Å². The van der Waals surface area contributed by atoms with E-state index in [0.29, 0.717) is 18.4 Å². The molecule has 0 heterocycles. The monoisotopic (exact) mass is 740 g/mol. The highest BCUT2D eigenvalue weighted by Gasteiger charge is 2.62. The lowest BCUT2D eigenvalue weighted by Gasteiger charge is -2.60. The molecule has 9 nitrogen and oxygen atoms in total. The van der Waals surface area contributed by atoms with Crippen LogP contribution in [0.2, 0.25) is 10.0 Å². The third kappa shape index (κ3) is 7.57. The van der Waals surface area contributed by atoms with Gasteiger partial charge in [0, 0.05) is 36.6 Å². The Morgan fingerprint density at radius 1 is 0.804 bits per heavy atom. The van der Waals surface area contributed by atoms with Gasteiger partial charge in [0.1, 0.15) is 29.2 Å². The third-order valence-corrected chi connectivity index (χ3v) is 9.40. The fraction of sp³-hybridized carbons (Fsp3) is 0.344. The molecule has 3 aliphatic rings. The first kappa shape index (κ1) is 33.9. The molecular weight excluding hydrogens is 713 g/mol. The number of amides is 2. The number of hydrogen-bond acceptors (Lipinski definition) is 7. The van der Waals surface area contributed by atoms with Crippen molar-refractivity contribution in [2.45, 2.75) is 49.0 Å². The summed E-state index contributed by atoms with van der Waals surface area (Å²) in [6, 6.07) is 14.3. The van der Waals surface area contributed by atoms with Gasteiger partial charge in [-0.25, -0.2) is 13.6 Å². The molecule has 46 heavy (non-hydrogen) atoms. The van der Waals surface area contributed by atoms with E-state index in [4.69, 9.17) is 42.1 Å². The Morgan fingerprint density at radius 2 is 1.28 bits per heavy atom. The van der Waals surface area contributed by atoms with E-state index >= 15 is 0 Å². The average Bonchev–Trinajstić information content (AvgIpc) is 3.03. The first-order valence-electron chi connectivity index (χ1n) is 14.2. The van der Waals surface area contributed by atoms with E-state index in [1.807, 2.05) is 0 Å². The van der Waals surface area contributed by atoms with Crippen molar-refractivity contribution in [2.75, 3.05) is 20.3 Å². The zero-order chi connectivity index (χ0) is 33.1. The van der Waals surface area contributed by atoms with Gasteiger partial charge in [-0.1, -0.05) is 39.1 Å². The van der Waals surface area contributed by atoms with Gasteiger partial charge in [0.05, 0.1) is 32.8 Å². The second-order valence-corrected chi connectivity index (χ2v) is 12.9. The molecule has 4 unspecified atom stereocenters. The Morgan fingerprint density at radius 3 is 1.76 bits per heavy atom. The highest BCUT2D eigenvalue weighted by atomic mass is 79.9. The zero-order valence-electron chi connectivity index (χ0n) is 24.4. The van der Waals surface area contributed by atoms with Crippen LogP contribution in [0.5, 0.6) is 11.5 Å². The molecule has 0 saturated heterocycles.